The lowest BCUT2D eigenvalue weighted by Crippen LogP contribution is -2.26. The average Bonchev–Trinajstić information content (AvgIpc) is 2.28. The number of carbonyl (C=O) groups is 1. The Morgan fingerprint density at radius 2 is 2.12 bits per heavy atom. The molecule has 0 spiro atoms. The van der Waals surface area contributed by atoms with Gasteiger partial charge in [-0.25, -0.2) is 13.5 Å². The predicted octanol–water partition coefficient (Wildman–Crippen LogP) is 3.28. The zero-order valence-electron chi connectivity index (χ0n) is 9.94. The number of nitrogens with zero attached hydrogens (tertiary/aromatic N) is 1. The molecular formula is C11H15FN2O2S. The van der Waals surface area contributed by atoms with E-state index in [-0.39, 0.29) is 11.8 Å². The van der Waals surface area contributed by atoms with E-state index in [0.29, 0.717) is 0 Å². The topological polar surface area (TPSA) is 41.6 Å². The van der Waals surface area contributed by atoms with Gasteiger partial charge < -0.3 is 5.32 Å². The van der Waals surface area contributed by atoms with Crippen molar-refractivity contribution in [2.75, 3.05) is 12.4 Å². The van der Waals surface area contributed by atoms with Gasteiger partial charge in [-0.15, -0.1) is 0 Å². The van der Waals surface area contributed by atoms with E-state index in [2.05, 4.69) is 5.32 Å². The fourth-order valence-electron chi connectivity index (χ4n) is 0.941. The largest absolute Gasteiger partial charge is 0.333 e. The maximum Gasteiger partial charge on any atom is 0.333 e. The van der Waals surface area contributed by atoms with Crippen LogP contribution in [0.2, 0.25) is 0 Å². The molecule has 1 aromatic carbocycles. The molecule has 6 heteroatoms. The summed E-state index contributed by atoms with van der Waals surface area (Å²) < 4.78 is 19.7. The van der Waals surface area contributed by atoms with Crippen molar-refractivity contribution in [3.63, 3.8) is 0 Å². The minimum absolute atomic E-state index is 0.00344. The predicted molar refractivity (Wildman–Crippen MR) is 67.0 cm³/mol. The number of hydrogen-bond donors (Lipinski definition) is 1. The Balaban J connectivity index is 2.52. The molecule has 4 nitrogen and oxygen atoms in total. The minimum Gasteiger partial charge on any atom is -0.304 e. The fraction of sp³-hybridized carbons (Fsp3) is 0.364. The van der Waals surface area contributed by atoms with Crippen molar-refractivity contribution in [1.29, 1.82) is 0 Å². The summed E-state index contributed by atoms with van der Waals surface area (Å²) in [5.74, 6) is -0.468. The molecule has 1 rings (SSSR count). The van der Waals surface area contributed by atoms with Gasteiger partial charge in [0.1, 0.15) is 18.0 Å². The summed E-state index contributed by atoms with van der Waals surface area (Å²) in [7, 11) is 1.54. The third-order valence-corrected chi connectivity index (χ3v) is 2.61. The van der Waals surface area contributed by atoms with E-state index in [1.807, 2.05) is 13.8 Å². The quantitative estimate of drug-likeness (QED) is 0.665. The Bertz CT molecular complexity index is 387. The first-order chi connectivity index (χ1) is 8.00. The molecule has 0 saturated heterocycles. The van der Waals surface area contributed by atoms with Gasteiger partial charge in [0.2, 0.25) is 0 Å². The third kappa shape index (κ3) is 4.62. The summed E-state index contributed by atoms with van der Waals surface area (Å²) in [6.07, 6.45) is 0.00344. The second kappa shape index (κ2) is 6.46. The highest BCUT2D eigenvalue weighted by Crippen LogP contribution is 2.16. The number of para-hydroxylation sites is 1. The van der Waals surface area contributed by atoms with E-state index in [0.717, 1.165) is 12.2 Å². The van der Waals surface area contributed by atoms with Crippen LogP contribution in [0.3, 0.4) is 0 Å². The summed E-state index contributed by atoms with van der Waals surface area (Å²) in [6, 6.07) is 5.55. The first-order valence-corrected chi connectivity index (χ1v) is 5.83. The molecule has 1 N–H and O–H groups in total. The Morgan fingerprint density at radius 1 is 1.47 bits per heavy atom. The van der Waals surface area contributed by atoms with Crippen LogP contribution in [0, 0.1) is 5.82 Å². The second-order valence-corrected chi connectivity index (χ2v) is 4.52. The Kier molecular flexibility index (Phi) is 5.24. The zero-order chi connectivity index (χ0) is 12.8. The van der Waals surface area contributed by atoms with Gasteiger partial charge in [0.25, 0.3) is 0 Å². The van der Waals surface area contributed by atoms with Gasteiger partial charge in [-0.05, 0) is 26.0 Å². The zero-order valence-corrected chi connectivity index (χ0v) is 10.8. The smallest absolute Gasteiger partial charge is 0.304 e. The molecule has 17 heavy (non-hydrogen) atoms. The minimum atomic E-state index is -0.468. The Hall–Kier alpha value is -1.27. The number of benzene rings is 1. The van der Waals surface area contributed by atoms with Crippen LogP contribution in [0.1, 0.15) is 13.8 Å². The molecule has 1 aromatic rings. The number of carbonyl (C=O) groups excluding carboxylic acids is 1. The number of amides is 2. The van der Waals surface area contributed by atoms with Crippen LogP contribution in [0.25, 0.3) is 0 Å². The average molecular weight is 258 g/mol. The van der Waals surface area contributed by atoms with Crippen LogP contribution < -0.4 is 5.32 Å². The van der Waals surface area contributed by atoms with E-state index < -0.39 is 11.8 Å². The van der Waals surface area contributed by atoms with Crippen LogP contribution in [0.5, 0.6) is 0 Å². The van der Waals surface area contributed by atoms with Crippen molar-refractivity contribution in [2.45, 2.75) is 20.0 Å². The molecule has 0 aliphatic rings. The van der Waals surface area contributed by atoms with Crippen molar-refractivity contribution in [2.24, 2.45) is 0 Å². The molecule has 0 fully saturated rings. The molecule has 0 unspecified atom stereocenters. The molecule has 0 bridgehead atoms. The molecule has 0 aliphatic carbocycles. The lowest BCUT2D eigenvalue weighted by atomic mass is 10.3. The van der Waals surface area contributed by atoms with Gasteiger partial charge in [0.15, 0.2) is 0 Å². The Morgan fingerprint density at radius 3 is 2.71 bits per heavy atom. The summed E-state index contributed by atoms with van der Waals surface area (Å²) in [5, 5.41) is 2.44. The van der Waals surface area contributed by atoms with Gasteiger partial charge in [-0.3, -0.25) is 4.18 Å². The van der Waals surface area contributed by atoms with E-state index in [9.17, 15) is 9.18 Å². The number of anilines is 1. The normalized spacial score (nSPS) is 10.4. The molecule has 0 atom stereocenters. The third-order valence-electron chi connectivity index (χ3n) is 1.75. The van der Waals surface area contributed by atoms with E-state index >= 15 is 0 Å². The summed E-state index contributed by atoms with van der Waals surface area (Å²) in [6.45, 7) is 3.71. The van der Waals surface area contributed by atoms with Gasteiger partial charge in [-0.1, -0.05) is 12.1 Å². The highest BCUT2D eigenvalue weighted by Gasteiger charge is 2.12. The number of urea groups is 1. The number of hydrogen-bond acceptors (Lipinski definition) is 3. The standard InChI is InChI=1S/C11H15FN2O2S/c1-8(2)16-17-14(3)11(15)13-10-7-5-4-6-9(10)12/h4-8H,1-3H3,(H,13,15). The highest BCUT2D eigenvalue weighted by molar-refractivity contribution is 7.92. The van der Waals surface area contributed by atoms with Gasteiger partial charge in [-0.2, -0.15) is 0 Å². The molecule has 2 amide bonds. The number of nitrogens with one attached hydrogen (secondary N) is 1. The first kappa shape index (κ1) is 13.8. The maximum absolute atomic E-state index is 13.3. The van der Waals surface area contributed by atoms with E-state index in [1.54, 1.807) is 19.2 Å². The number of halogens is 1. The van der Waals surface area contributed by atoms with Gasteiger partial charge in [0, 0.05) is 7.05 Å². The SMILES string of the molecule is CC(C)OSN(C)C(=O)Nc1ccccc1F. The fourth-order valence-corrected chi connectivity index (χ4v) is 1.36. The lowest BCUT2D eigenvalue weighted by Gasteiger charge is -2.17. The molecule has 0 heterocycles. The number of rotatable bonds is 4. The summed E-state index contributed by atoms with van der Waals surface area (Å²) in [5.41, 5.74) is 0.148. The Labute approximate surface area is 104 Å². The monoisotopic (exact) mass is 258 g/mol. The van der Waals surface area contributed by atoms with Crippen molar-refractivity contribution in [3.05, 3.63) is 30.1 Å². The van der Waals surface area contributed by atoms with Crippen LogP contribution >= 0.6 is 12.2 Å². The van der Waals surface area contributed by atoms with Gasteiger partial charge >= 0.3 is 6.03 Å². The summed E-state index contributed by atoms with van der Waals surface area (Å²) in [4.78, 5) is 11.6. The summed E-state index contributed by atoms with van der Waals surface area (Å²) >= 11 is 0.917. The van der Waals surface area contributed by atoms with Crippen LogP contribution in [-0.4, -0.2) is 23.5 Å². The second-order valence-electron chi connectivity index (χ2n) is 3.63. The molecule has 94 valence electrons. The maximum atomic E-state index is 13.3. The van der Waals surface area contributed by atoms with Crippen molar-refractivity contribution in [3.8, 4) is 0 Å². The first-order valence-electron chi connectivity index (χ1n) is 5.13. The molecule has 0 saturated carbocycles. The highest BCUT2D eigenvalue weighted by atomic mass is 32.2. The van der Waals surface area contributed by atoms with Crippen molar-refractivity contribution < 1.29 is 13.4 Å². The molecular weight excluding hydrogens is 243 g/mol. The molecule has 0 aliphatic heterocycles. The lowest BCUT2D eigenvalue weighted by molar-refractivity contribution is 0.235. The van der Waals surface area contributed by atoms with Crippen LogP contribution in [0.15, 0.2) is 24.3 Å². The van der Waals surface area contributed by atoms with Crippen molar-refractivity contribution >= 4 is 23.9 Å². The van der Waals surface area contributed by atoms with Crippen molar-refractivity contribution in [1.82, 2.24) is 4.31 Å². The van der Waals surface area contributed by atoms with E-state index in [1.165, 1.54) is 16.4 Å². The molecule has 0 aromatic heterocycles. The van der Waals surface area contributed by atoms with E-state index in [4.69, 9.17) is 4.18 Å². The van der Waals surface area contributed by atoms with Crippen LogP contribution in [0.4, 0.5) is 14.9 Å². The van der Waals surface area contributed by atoms with Gasteiger partial charge in [0.05, 0.1) is 11.8 Å². The molecule has 0 radical (unpaired) electrons. The van der Waals surface area contributed by atoms with Crippen LogP contribution in [-0.2, 0) is 4.18 Å².